The van der Waals surface area contributed by atoms with Crippen molar-refractivity contribution in [3.05, 3.63) is 53.8 Å². The lowest BCUT2D eigenvalue weighted by molar-refractivity contribution is -0.118. The van der Waals surface area contributed by atoms with E-state index in [9.17, 15) is 14.0 Å². The van der Waals surface area contributed by atoms with Crippen LogP contribution in [0.4, 0.5) is 10.1 Å². The number of benzene rings is 2. The molecular weight excluding hydrogens is 351 g/mol. The van der Waals surface area contributed by atoms with E-state index in [4.69, 9.17) is 9.47 Å². The minimum Gasteiger partial charge on any atom is -0.497 e. The van der Waals surface area contributed by atoms with Crippen LogP contribution >= 0.6 is 0 Å². The number of nitrogens with one attached hydrogen (secondary N) is 2. The highest BCUT2D eigenvalue weighted by Crippen LogP contribution is 2.22. The molecule has 2 N–H and O–H groups in total. The van der Waals surface area contributed by atoms with Gasteiger partial charge in [-0.2, -0.15) is 0 Å². The van der Waals surface area contributed by atoms with Crippen LogP contribution in [-0.2, 0) is 4.79 Å². The van der Waals surface area contributed by atoms with Crippen molar-refractivity contribution in [1.82, 2.24) is 5.32 Å². The summed E-state index contributed by atoms with van der Waals surface area (Å²) in [7, 11) is 2.97. The normalized spacial score (nSPS) is 11.6. The molecule has 0 aliphatic heterocycles. The van der Waals surface area contributed by atoms with Gasteiger partial charge in [-0.25, -0.2) is 4.39 Å². The first-order valence-corrected chi connectivity index (χ1v) is 8.44. The molecule has 0 heterocycles. The number of carbonyl (C=O) groups excluding carboxylic acids is 2. The van der Waals surface area contributed by atoms with Gasteiger partial charge in [0.05, 0.1) is 14.2 Å². The van der Waals surface area contributed by atoms with E-state index >= 15 is 0 Å². The molecule has 27 heavy (non-hydrogen) atoms. The highest BCUT2D eigenvalue weighted by molar-refractivity contribution is 6.01. The second kappa shape index (κ2) is 9.02. The first-order chi connectivity index (χ1) is 12.8. The van der Waals surface area contributed by atoms with E-state index in [0.717, 1.165) is 0 Å². The van der Waals surface area contributed by atoms with Gasteiger partial charge in [0, 0.05) is 17.3 Å². The van der Waals surface area contributed by atoms with Gasteiger partial charge in [-0.1, -0.05) is 19.9 Å². The Kier molecular flexibility index (Phi) is 6.76. The molecule has 6 nitrogen and oxygen atoms in total. The number of ether oxygens (including phenoxy) is 2. The Balaban J connectivity index is 2.17. The highest BCUT2D eigenvalue weighted by Gasteiger charge is 2.25. The van der Waals surface area contributed by atoms with E-state index in [2.05, 4.69) is 10.6 Å². The number of halogens is 1. The van der Waals surface area contributed by atoms with E-state index in [0.29, 0.717) is 22.7 Å². The molecule has 1 unspecified atom stereocenters. The maximum absolute atomic E-state index is 13.3. The third-order valence-corrected chi connectivity index (χ3v) is 3.94. The molecule has 0 fully saturated rings. The molecule has 0 saturated heterocycles. The molecule has 0 aromatic heterocycles. The zero-order valence-corrected chi connectivity index (χ0v) is 15.7. The predicted octanol–water partition coefficient (Wildman–Crippen LogP) is 3.24. The Morgan fingerprint density at radius 2 is 1.63 bits per heavy atom. The van der Waals surface area contributed by atoms with Crippen LogP contribution in [0.3, 0.4) is 0 Å². The Morgan fingerprint density at radius 1 is 1.00 bits per heavy atom. The summed E-state index contributed by atoms with van der Waals surface area (Å²) in [6.07, 6.45) is 0. The molecular formula is C20H23FN2O4. The number of methoxy groups -OCH3 is 2. The fraction of sp³-hybridized carbons (Fsp3) is 0.300. The summed E-state index contributed by atoms with van der Waals surface area (Å²) < 4.78 is 23.6. The summed E-state index contributed by atoms with van der Waals surface area (Å²) in [5.74, 6) is -0.592. The number of anilines is 1. The van der Waals surface area contributed by atoms with Gasteiger partial charge in [-0.15, -0.1) is 0 Å². The van der Waals surface area contributed by atoms with E-state index in [1.165, 1.54) is 32.4 Å². The number of rotatable bonds is 7. The van der Waals surface area contributed by atoms with Gasteiger partial charge in [-0.3, -0.25) is 9.59 Å². The lowest BCUT2D eigenvalue weighted by atomic mass is 10.0. The summed E-state index contributed by atoms with van der Waals surface area (Å²) in [4.78, 5) is 25.2. The fourth-order valence-electron chi connectivity index (χ4n) is 2.48. The van der Waals surface area contributed by atoms with Crippen LogP contribution in [0.15, 0.2) is 42.5 Å². The quantitative estimate of drug-likeness (QED) is 0.780. The van der Waals surface area contributed by atoms with Crippen LogP contribution in [0.2, 0.25) is 0 Å². The average Bonchev–Trinajstić information content (AvgIpc) is 2.64. The van der Waals surface area contributed by atoms with Gasteiger partial charge in [0.1, 0.15) is 23.4 Å². The largest absolute Gasteiger partial charge is 0.497 e. The smallest absolute Gasteiger partial charge is 0.252 e. The molecule has 2 aromatic rings. The van der Waals surface area contributed by atoms with Gasteiger partial charge < -0.3 is 20.1 Å². The molecule has 0 bridgehead atoms. The maximum Gasteiger partial charge on any atom is 0.252 e. The van der Waals surface area contributed by atoms with E-state index in [-0.39, 0.29) is 5.92 Å². The molecule has 0 radical (unpaired) electrons. The van der Waals surface area contributed by atoms with Crippen LogP contribution in [0, 0.1) is 11.7 Å². The minimum atomic E-state index is -0.807. The highest BCUT2D eigenvalue weighted by atomic mass is 19.1. The zero-order valence-electron chi connectivity index (χ0n) is 15.7. The molecule has 144 valence electrons. The lowest BCUT2D eigenvalue weighted by Crippen LogP contribution is -2.47. The van der Waals surface area contributed by atoms with Gasteiger partial charge in [-0.05, 0) is 36.2 Å². The molecule has 7 heteroatoms. The van der Waals surface area contributed by atoms with Gasteiger partial charge >= 0.3 is 0 Å². The van der Waals surface area contributed by atoms with E-state index < -0.39 is 23.7 Å². The van der Waals surface area contributed by atoms with Crippen LogP contribution in [-0.4, -0.2) is 32.1 Å². The predicted molar refractivity (Wildman–Crippen MR) is 101 cm³/mol. The molecule has 0 aliphatic carbocycles. The third kappa shape index (κ3) is 5.44. The molecule has 2 amide bonds. The Hall–Kier alpha value is -3.09. The Bertz CT molecular complexity index is 801. The monoisotopic (exact) mass is 374 g/mol. The first kappa shape index (κ1) is 20.2. The van der Waals surface area contributed by atoms with Crippen molar-refractivity contribution in [1.29, 1.82) is 0 Å². The van der Waals surface area contributed by atoms with Crippen LogP contribution in [0.25, 0.3) is 0 Å². The Labute approximate surface area is 157 Å². The van der Waals surface area contributed by atoms with E-state index in [1.807, 2.05) is 13.8 Å². The fourth-order valence-corrected chi connectivity index (χ4v) is 2.48. The first-order valence-electron chi connectivity index (χ1n) is 8.44. The summed E-state index contributed by atoms with van der Waals surface area (Å²) >= 11 is 0. The standard InChI is InChI=1S/C20H23FN2O4/c1-12(2)18(20(25)22-15-7-5-6-14(21)10-15)23-19(24)13-8-16(26-3)11-17(9-13)27-4/h5-12,18H,1-4H3,(H,22,25)(H,23,24). The van der Waals surface area contributed by atoms with Crippen LogP contribution in [0.1, 0.15) is 24.2 Å². The third-order valence-electron chi connectivity index (χ3n) is 3.94. The van der Waals surface area contributed by atoms with Crippen LogP contribution in [0.5, 0.6) is 11.5 Å². The number of hydrogen-bond donors (Lipinski definition) is 2. The van der Waals surface area contributed by atoms with E-state index in [1.54, 1.807) is 24.3 Å². The summed E-state index contributed by atoms with van der Waals surface area (Å²) in [6, 6.07) is 9.52. The van der Waals surface area contributed by atoms with Gasteiger partial charge in [0.2, 0.25) is 5.91 Å². The van der Waals surface area contributed by atoms with Crippen molar-refractivity contribution in [2.24, 2.45) is 5.92 Å². The summed E-state index contributed by atoms with van der Waals surface area (Å²) in [5, 5.41) is 5.34. The summed E-state index contributed by atoms with van der Waals surface area (Å²) in [5.41, 5.74) is 0.623. The SMILES string of the molecule is COc1cc(OC)cc(C(=O)NC(C(=O)Nc2cccc(F)c2)C(C)C)c1. The van der Waals surface area contributed by atoms with Gasteiger partial charge in [0.25, 0.3) is 5.91 Å². The lowest BCUT2D eigenvalue weighted by Gasteiger charge is -2.22. The number of hydrogen-bond acceptors (Lipinski definition) is 4. The molecule has 2 rings (SSSR count). The van der Waals surface area contributed by atoms with Crippen LogP contribution < -0.4 is 20.1 Å². The second-order valence-corrected chi connectivity index (χ2v) is 6.30. The number of amides is 2. The van der Waals surface area contributed by atoms with Crippen molar-refractivity contribution in [3.8, 4) is 11.5 Å². The van der Waals surface area contributed by atoms with Crippen molar-refractivity contribution in [2.75, 3.05) is 19.5 Å². The van der Waals surface area contributed by atoms with Crippen molar-refractivity contribution < 1.29 is 23.5 Å². The molecule has 0 spiro atoms. The zero-order chi connectivity index (χ0) is 20.0. The molecule has 2 aromatic carbocycles. The second-order valence-electron chi connectivity index (χ2n) is 6.30. The van der Waals surface area contributed by atoms with Crippen molar-refractivity contribution >= 4 is 17.5 Å². The van der Waals surface area contributed by atoms with Crippen molar-refractivity contribution in [3.63, 3.8) is 0 Å². The Morgan fingerprint density at radius 3 is 2.15 bits per heavy atom. The molecule has 0 aliphatic rings. The minimum absolute atomic E-state index is 0.185. The van der Waals surface area contributed by atoms with Gasteiger partial charge in [0.15, 0.2) is 0 Å². The average molecular weight is 374 g/mol. The maximum atomic E-state index is 13.3. The molecule has 1 atom stereocenters. The number of carbonyl (C=O) groups is 2. The summed E-state index contributed by atoms with van der Waals surface area (Å²) in [6.45, 7) is 3.62. The molecule has 0 saturated carbocycles. The topological polar surface area (TPSA) is 76.7 Å². The van der Waals surface area contributed by atoms with Crippen molar-refractivity contribution in [2.45, 2.75) is 19.9 Å².